The summed E-state index contributed by atoms with van der Waals surface area (Å²) in [4.78, 5) is 16.2. The number of hydroxylamine groups is 1. The van der Waals surface area contributed by atoms with E-state index in [1.165, 1.54) is 0 Å². The van der Waals surface area contributed by atoms with Crippen LogP contribution in [0.2, 0.25) is 0 Å². The lowest BCUT2D eigenvalue weighted by Crippen LogP contribution is -2.28. The third-order valence-corrected chi connectivity index (χ3v) is 1.29. The molecule has 1 N–H and O–H groups in total. The van der Waals surface area contributed by atoms with Crippen molar-refractivity contribution in [2.75, 3.05) is 6.61 Å². The maximum absolute atomic E-state index is 11.2. The van der Waals surface area contributed by atoms with Crippen LogP contribution in [0, 0.1) is 11.3 Å². The maximum Gasteiger partial charge on any atom is 0.244 e. The molecule has 0 atom stereocenters. The zero-order valence-electron chi connectivity index (χ0n) is 9.31. The molecule has 1 amide bonds. The largest absolute Gasteiger partial charge is 0.273 e. The van der Waals surface area contributed by atoms with Gasteiger partial charge < -0.3 is 0 Å². The fourth-order valence-corrected chi connectivity index (χ4v) is 0.807. The molecule has 0 aromatic carbocycles. The number of carbonyl (C=O) groups excluding carboxylic acids is 1. The first kappa shape index (κ1) is 12.4. The summed E-state index contributed by atoms with van der Waals surface area (Å²) in [5, 5.41) is 0. The van der Waals surface area contributed by atoms with Crippen molar-refractivity contribution in [3.8, 4) is 0 Å². The monoisotopic (exact) mass is 187 g/mol. The molecular weight excluding hydrogens is 166 g/mol. The van der Waals surface area contributed by atoms with E-state index in [4.69, 9.17) is 4.84 Å². The van der Waals surface area contributed by atoms with Crippen molar-refractivity contribution < 1.29 is 9.63 Å². The zero-order valence-corrected chi connectivity index (χ0v) is 9.31. The second-order valence-electron chi connectivity index (χ2n) is 4.97. The molecule has 0 aromatic rings. The molecule has 0 saturated carbocycles. The van der Waals surface area contributed by atoms with Crippen molar-refractivity contribution in [1.82, 2.24) is 5.48 Å². The lowest BCUT2D eigenvalue weighted by Gasteiger charge is -2.17. The van der Waals surface area contributed by atoms with Crippen molar-refractivity contribution in [2.24, 2.45) is 11.3 Å². The Kier molecular flexibility index (Phi) is 4.99. The molecule has 13 heavy (non-hydrogen) atoms. The van der Waals surface area contributed by atoms with Crippen LogP contribution in [-0.4, -0.2) is 12.5 Å². The topological polar surface area (TPSA) is 38.3 Å². The minimum Gasteiger partial charge on any atom is -0.273 e. The Morgan fingerprint density at radius 1 is 1.38 bits per heavy atom. The van der Waals surface area contributed by atoms with E-state index in [0.717, 1.165) is 0 Å². The van der Waals surface area contributed by atoms with E-state index >= 15 is 0 Å². The molecule has 0 rings (SSSR count). The second-order valence-corrected chi connectivity index (χ2v) is 4.97. The van der Waals surface area contributed by atoms with Crippen molar-refractivity contribution in [3.05, 3.63) is 0 Å². The van der Waals surface area contributed by atoms with Gasteiger partial charge in [0, 0.05) is 6.42 Å². The van der Waals surface area contributed by atoms with E-state index < -0.39 is 0 Å². The highest BCUT2D eigenvalue weighted by Crippen LogP contribution is 2.17. The molecule has 0 saturated heterocycles. The summed E-state index contributed by atoms with van der Waals surface area (Å²) >= 11 is 0. The summed E-state index contributed by atoms with van der Waals surface area (Å²) in [6, 6.07) is 0. The Bertz CT molecular complexity index is 159. The Morgan fingerprint density at radius 3 is 2.31 bits per heavy atom. The third-order valence-electron chi connectivity index (χ3n) is 1.29. The van der Waals surface area contributed by atoms with Crippen molar-refractivity contribution in [1.29, 1.82) is 0 Å². The summed E-state index contributed by atoms with van der Waals surface area (Å²) in [5.41, 5.74) is 2.45. The molecule has 0 unspecified atom stereocenters. The van der Waals surface area contributed by atoms with Gasteiger partial charge in [-0.15, -0.1) is 0 Å². The summed E-state index contributed by atoms with van der Waals surface area (Å²) in [6.07, 6.45) is 0.491. The Labute approximate surface area is 80.8 Å². The Morgan fingerprint density at radius 2 is 1.92 bits per heavy atom. The predicted octanol–water partition coefficient (Wildman–Crippen LogP) is 2.13. The third kappa shape index (κ3) is 9.34. The van der Waals surface area contributed by atoms with E-state index in [1.54, 1.807) is 0 Å². The van der Waals surface area contributed by atoms with Crippen LogP contribution in [0.3, 0.4) is 0 Å². The Hall–Kier alpha value is -0.570. The summed E-state index contributed by atoms with van der Waals surface area (Å²) < 4.78 is 0. The Balaban J connectivity index is 3.53. The van der Waals surface area contributed by atoms with Crippen molar-refractivity contribution in [2.45, 2.75) is 41.0 Å². The first-order chi connectivity index (χ1) is 5.81. The van der Waals surface area contributed by atoms with Crippen LogP contribution in [-0.2, 0) is 9.63 Å². The van der Waals surface area contributed by atoms with Crippen molar-refractivity contribution >= 4 is 5.91 Å². The SMILES string of the molecule is CC(C)CONC(=O)CC(C)(C)C. The zero-order chi connectivity index (χ0) is 10.5. The summed E-state index contributed by atoms with van der Waals surface area (Å²) in [7, 11) is 0. The van der Waals surface area contributed by atoms with Crippen LogP contribution in [0.4, 0.5) is 0 Å². The van der Waals surface area contributed by atoms with Crippen LogP contribution >= 0.6 is 0 Å². The average Bonchev–Trinajstić information content (AvgIpc) is 1.81. The van der Waals surface area contributed by atoms with Gasteiger partial charge in [-0.3, -0.25) is 9.63 Å². The van der Waals surface area contributed by atoms with E-state index in [2.05, 4.69) is 5.48 Å². The van der Waals surface area contributed by atoms with Crippen LogP contribution in [0.25, 0.3) is 0 Å². The van der Waals surface area contributed by atoms with Gasteiger partial charge in [0.1, 0.15) is 0 Å². The van der Waals surface area contributed by atoms with Gasteiger partial charge in [0.05, 0.1) is 6.61 Å². The number of hydrogen-bond acceptors (Lipinski definition) is 2. The number of hydrogen-bond donors (Lipinski definition) is 1. The molecular formula is C10H21NO2. The normalized spacial score (nSPS) is 11.8. The van der Waals surface area contributed by atoms with Crippen LogP contribution in [0.5, 0.6) is 0 Å². The van der Waals surface area contributed by atoms with Crippen LogP contribution < -0.4 is 5.48 Å². The number of rotatable bonds is 4. The minimum absolute atomic E-state index is 0.0191. The lowest BCUT2D eigenvalue weighted by atomic mass is 9.92. The van der Waals surface area contributed by atoms with Gasteiger partial charge in [-0.2, -0.15) is 0 Å². The quantitative estimate of drug-likeness (QED) is 0.685. The number of nitrogens with one attached hydrogen (secondary N) is 1. The molecule has 0 radical (unpaired) electrons. The standard InChI is InChI=1S/C10H21NO2/c1-8(2)7-13-11-9(12)6-10(3,4)5/h8H,6-7H2,1-5H3,(H,11,12). The summed E-state index contributed by atoms with van der Waals surface area (Å²) in [5.74, 6) is 0.392. The number of amides is 1. The van der Waals surface area contributed by atoms with Gasteiger partial charge in [-0.25, -0.2) is 5.48 Å². The molecule has 0 aliphatic heterocycles. The highest BCUT2D eigenvalue weighted by atomic mass is 16.6. The van der Waals surface area contributed by atoms with E-state index in [0.29, 0.717) is 18.9 Å². The van der Waals surface area contributed by atoms with Crippen LogP contribution in [0.15, 0.2) is 0 Å². The molecule has 0 spiro atoms. The molecule has 78 valence electrons. The molecule has 0 aromatic heterocycles. The number of carbonyl (C=O) groups is 1. The van der Waals surface area contributed by atoms with Gasteiger partial charge in [-0.05, 0) is 11.3 Å². The van der Waals surface area contributed by atoms with Gasteiger partial charge in [0.15, 0.2) is 0 Å². The fourth-order valence-electron chi connectivity index (χ4n) is 0.807. The molecule has 3 heteroatoms. The minimum atomic E-state index is -0.0480. The molecule has 0 heterocycles. The van der Waals surface area contributed by atoms with Gasteiger partial charge in [-0.1, -0.05) is 34.6 Å². The highest BCUT2D eigenvalue weighted by molar-refractivity contribution is 5.75. The molecule has 0 aliphatic carbocycles. The van der Waals surface area contributed by atoms with E-state index in [-0.39, 0.29) is 11.3 Å². The maximum atomic E-state index is 11.2. The molecule has 0 bridgehead atoms. The first-order valence-electron chi connectivity index (χ1n) is 4.72. The van der Waals surface area contributed by atoms with Gasteiger partial charge in [0.2, 0.25) is 5.91 Å². The average molecular weight is 187 g/mol. The second kappa shape index (κ2) is 5.22. The highest BCUT2D eigenvalue weighted by Gasteiger charge is 2.15. The lowest BCUT2D eigenvalue weighted by molar-refractivity contribution is -0.136. The van der Waals surface area contributed by atoms with Crippen molar-refractivity contribution in [3.63, 3.8) is 0 Å². The smallest absolute Gasteiger partial charge is 0.244 e. The van der Waals surface area contributed by atoms with E-state index in [9.17, 15) is 4.79 Å². The van der Waals surface area contributed by atoms with Crippen LogP contribution in [0.1, 0.15) is 41.0 Å². The molecule has 0 fully saturated rings. The van der Waals surface area contributed by atoms with E-state index in [1.807, 2.05) is 34.6 Å². The first-order valence-corrected chi connectivity index (χ1v) is 4.72. The van der Waals surface area contributed by atoms with Gasteiger partial charge in [0.25, 0.3) is 0 Å². The molecule has 0 aliphatic rings. The van der Waals surface area contributed by atoms with Gasteiger partial charge >= 0.3 is 0 Å². The fraction of sp³-hybridized carbons (Fsp3) is 0.900. The predicted molar refractivity (Wildman–Crippen MR) is 53.0 cm³/mol. The summed E-state index contributed by atoms with van der Waals surface area (Å²) in [6.45, 7) is 10.7. The molecule has 3 nitrogen and oxygen atoms in total.